The summed E-state index contributed by atoms with van der Waals surface area (Å²) in [7, 11) is 3.04. The van der Waals surface area contributed by atoms with Gasteiger partial charge in [0.15, 0.2) is 0 Å². The Hall–Kier alpha value is -4.30. The molecule has 4 rings (SSSR count). The number of nitrogens with zero attached hydrogens (tertiary/aromatic N) is 1. The number of methoxy groups -OCH3 is 2. The van der Waals surface area contributed by atoms with E-state index in [-0.39, 0.29) is 16.6 Å². The van der Waals surface area contributed by atoms with Crippen molar-refractivity contribution < 1.29 is 23.9 Å². The van der Waals surface area contributed by atoms with Crippen LogP contribution >= 0.6 is 11.6 Å². The average Bonchev–Trinajstić information content (AvgIpc) is 3.07. The largest absolute Gasteiger partial charge is 0.497 e. The molecule has 0 bridgehead atoms. The SMILES string of the molecule is COc1ccc(NC(=O)c2ccc(NC3=C(Cl)C(=O)N(c4cc(C)cc(C)c4)C3=O)cc2)c(OC)c1. The Morgan fingerprint density at radius 3 is 2.14 bits per heavy atom. The highest BCUT2D eigenvalue weighted by Gasteiger charge is 2.39. The van der Waals surface area contributed by atoms with Gasteiger partial charge in [-0.05, 0) is 73.5 Å². The summed E-state index contributed by atoms with van der Waals surface area (Å²) >= 11 is 6.24. The van der Waals surface area contributed by atoms with Gasteiger partial charge in [0.1, 0.15) is 22.2 Å². The normalized spacial score (nSPS) is 13.2. The quantitative estimate of drug-likeness (QED) is 0.438. The summed E-state index contributed by atoms with van der Waals surface area (Å²) < 4.78 is 10.5. The van der Waals surface area contributed by atoms with Gasteiger partial charge in [-0.3, -0.25) is 14.4 Å². The first-order chi connectivity index (χ1) is 17.2. The lowest BCUT2D eigenvalue weighted by Gasteiger charge is -2.16. The first-order valence-corrected chi connectivity index (χ1v) is 11.4. The molecule has 8 nitrogen and oxygen atoms in total. The van der Waals surface area contributed by atoms with E-state index < -0.39 is 11.8 Å². The molecule has 2 N–H and O–H groups in total. The van der Waals surface area contributed by atoms with Crippen LogP contribution in [0.5, 0.6) is 11.5 Å². The second-order valence-electron chi connectivity index (χ2n) is 8.20. The molecule has 9 heteroatoms. The molecule has 3 amide bonds. The third kappa shape index (κ3) is 4.89. The van der Waals surface area contributed by atoms with E-state index in [1.165, 1.54) is 7.11 Å². The molecular formula is C27H24ClN3O5. The smallest absolute Gasteiger partial charge is 0.283 e. The van der Waals surface area contributed by atoms with Crippen molar-refractivity contribution in [3.8, 4) is 11.5 Å². The van der Waals surface area contributed by atoms with Crippen molar-refractivity contribution in [1.29, 1.82) is 0 Å². The third-order valence-corrected chi connectivity index (χ3v) is 5.92. The molecule has 0 aromatic heterocycles. The van der Waals surface area contributed by atoms with Gasteiger partial charge in [-0.1, -0.05) is 17.7 Å². The highest BCUT2D eigenvalue weighted by atomic mass is 35.5. The number of ether oxygens (including phenoxy) is 2. The van der Waals surface area contributed by atoms with E-state index in [0.29, 0.717) is 34.1 Å². The molecule has 0 fully saturated rings. The van der Waals surface area contributed by atoms with Crippen molar-refractivity contribution in [2.45, 2.75) is 13.8 Å². The molecule has 0 saturated heterocycles. The number of halogens is 1. The molecule has 0 unspecified atom stereocenters. The Morgan fingerprint density at radius 1 is 0.861 bits per heavy atom. The summed E-state index contributed by atoms with van der Waals surface area (Å²) in [6.45, 7) is 3.77. The zero-order valence-corrected chi connectivity index (χ0v) is 20.9. The lowest BCUT2D eigenvalue weighted by molar-refractivity contribution is -0.120. The Morgan fingerprint density at radius 2 is 1.53 bits per heavy atom. The molecule has 1 heterocycles. The van der Waals surface area contributed by atoms with Gasteiger partial charge in [0.05, 0.1) is 25.6 Å². The van der Waals surface area contributed by atoms with Gasteiger partial charge in [0.25, 0.3) is 17.7 Å². The molecule has 0 saturated carbocycles. The molecule has 0 aliphatic carbocycles. The topological polar surface area (TPSA) is 97.0 Å². The van der Waals surface area contributed by atoms with Crippen molar-refractivity contribution >= 4 is 46.4 Å². The minimum Gasteiger partial charge on any atom is -0.497 e. The van der Waals surface area contributed by atoms with Gasteiger partial charge in [-0.15, -0.1) is 0 Å². The van der Waals surface area contributed by atoms with Crippen LogP contribution in [-0.2, 0) is 9.59 Å². The van der Waals surface area contributed by atoms with Gasteiger partial charge >= 0.3 is 0 Å². The second-order valence-corrected chi connectivity index (χ2v) is 8.58. The second kappa shape index (κ2) is 10.1. The maximum absolute atomic E-state index is 13.1. The van der Waals surface area contributed by atoms with E-state index in [1.807, 2.05) is 19.9 Å². The van der Waals surface area contributed by atoms with E-state index >= 15 is 0 Å². The van der Waals surface area contributed by atoms with Crippen molar-refractivity contribution in [2.24, 2.45) is 0 Å². The van der Waals surface area contributed by atoms with E-state index in [0.717, 1.165) is 16.0 Å². The first kappa shape index (κ1) is 24.8. The number of hydrogen-bond donors (Lipinski definition) is 2. The number of nitrogens with one attached hydrogen (secondary N) is 2. The van der Waals surface area contributed by atoms with E-state index in [2.05, 4.69) is 10.6 Å². The van der Waals surface area contributed by atoms with Crippen LogP contribution in [0.3, 0.4) is 0 Å². The van der Waals surface area contributed by atoms with Gasteiger partial charge in [0, 0.05) is 17.3 Å². The zero-order valence-electron chi connectivity index (χ0n) is 20.1. The summed E-state index contributed by atoms with van der Waals surface area (Å²) in [5.74, 6) is -0.443. The zero-order chi connectivity index (χ0) is 26.0. The van der Waals surface area contributed by atoms with Crippen molar-refractivity contribution in [2.75, 3.05) is 29.8 Å². The molecule has 3 aromatic rings. The number of anilines is 3. The van der Waals surface area contributed by atoms with Crippen LogP contribution in [0.4, 0.5) is 17.1 Å². The summed E-state index contributed by atoms with van der Waals surface area (Å²) in [6.07, 6.45) is 0. The predicted octanol–water partition coefficient (Wildman–Crippen LogP) is 5.01. The summed E-state index contributed by atoms with van der Waals surface area (Å²) in [4.78, 5) is 39.6. The van der Waals surface area contributed by atoms with E-state index in [1.54, 1.807) is 61.7 Å². The van der Waals surface area contributed by atoms with Crippen LogP contribution in [0.15, 0.2) is 71.4 Å². The number of aryl methyl sites for hydroxylation is 2. The van der Waals surface area contributed by atoms with Crippen LogP contribution in [0, 0.1) is 13.8 Å². The fraction of sp³-hybridized carbons (Fsp3) is 0.148. The lowest BCUT2D eigenvalue weighted by atomic mass is 10.1. The summed E-state index contributed by atoms with van der Waals surface area (Å²) in [5, 5.41) is 5.51. The Bertz CT molecular complexity index is 1380. The average molecular weight is 506 g/mol. The number of rotatable bonds is 7. The highest BCUT2D eigenvalue weighted by Crippen LogP contribution is 2.32. The molecule has 0 spiro atoms. The Kier molecular flexibility index (Phi) is 6.98. The number of hydrogen-bond acceptors (Lipinski definition) is 6. The fourth-order valence-electron chi connectivity index (χ4n) is 3.87. The maximum Gasteiger partial charge on any atom is 0.283 e. The molecule has 36 heavy (non-hydrogen) atoms. The Labute approximate surface area is 213 Å². The van der Waals surface area contributed by atoms with Crippen LogP contribution < -0.4 is 25.0 Å². The number of carbonyl (C=O) groups is 3. The minimum absolute atomic E-state index is 0.0269. The van der Waals surface area contributed by atoms with Gasteiger partial charge in [-0.25, -0.2) is 4.90 Å². The van der Waals surface area contributed by atoms with Crippen molar-refractivity contribution in [3.63, 3.8) is 0 Å². The van der Waals surface area contributed by atoms with Crippen molar-refractivity contribution in [3.05, 3.63) is 88.1 Å². The summed E-state index contributed by atoms with van der Waals surface area (Å²) in [5.41, 5.74) is 3.63. The monoisotopic (exact) mass is 505 g/mol. The van der Waals surface area contributed by atoms with E-state index in [4.69, 9.17) is 21.1 Å². The third-order valence-electron chi connectivity index (χ3n) is 5.57. The highest BCUT2D eigenvalue weighted by molar-refractivity contribution is 6.53. The molecule has 0 atom stereocenters. The number of carbonyl (C=O) groups excluding carboxylic acids is 3. The molecule has 184 valence electrons. The lowest BCUT2D eigenvalue weighted by Crippen LogP contribution is -2.32. The predicted molar refractivity (Wildman–Crippen MR) is 139 cm³/mol. The molecule has 0 radical (unpaired) electrons. The Balaban J connectivity index is 1.49. The van der Waals surface area contributed by atoms with Crippen LogP contribution in [0.2, 0.25) is 0 Å². The van der Waals surface area contributed by atoms with Crippen LogP contribution in [0.25, 0.3) is 0 Å². The molecule has 1 aliphatic heterocycles. The van der Waals surface area contributed by atoms with E-state index in [9.17, 15) is 14.4 Å². The summed E-state index contributed by atoms with van der Waals surface area (Å²) in [6, 6.07) is 16.9. The van der Waals surface area contributed by atoms with Crippen LogP contribution in [0.1, 0.15) is 21.5 Å². The number of amides is 3. The molecule has 1 aliphatic rings. The van der Waals surface area contributed by atoms with Gasteiger partial charge < -0.3 is 20.1 Å². The number of benzene rings is 3. The molecule has 3 aromatic carbocycles. The minimum atomic E-state index is -0.599. The maximum atomic E-state index is 13.1. The number of imide groups is 1. The first-order valence-electron chi connectivity index (χ1n) is 11.0. The standard InChI is InChI=1S/C27H24ClN3O5/c1-15-11-16(2)13-19(12-15)31-26(33)23(28)24(27(31)34)29-18-7-5-17(6-8-18)25(32)30-21-10-9-20(35-3)14-22(21)36-4/h5-14,29H,1-4H3,(H,30,32). The molecular weight excluding hydrogens is 482 g/mol. The van der Waals surface area contributed by atoms with Crippen LogP contribution in [-0.4, -0.2) is 31.9 Å². The van der Waals surface area contributed by atoms with Gasteiger partial charge in [0.2, 0.25) is 0 Å². The van der Waals surface area contributed by atoms with Crippen molar-refractivity contribution in [1.82, 2.24) is 0 Å². The van der Waals surface area contributed by atoms with Gasteiger partial charge in [-0.2, -0.15) is 0 Å². The fourth-order valence-corrected chi connectivity index (χ4v) is 4.08.